The van der Waals surface area contributed by atoms with Gasteiger partial charge in [0.15, 0.2) is 0 Å². The van der Waals surface area contributed by atoms with Crippen molar-refractivity contribution >= 4 is 23.4 Å². The molecule has 1 aromatic carbocycles. The summed E-state index contributed by atoms with van der Waals surface area (Å²) in [6.07, 6.45) is 9.47. The van der Waals surface area contributed by atoms with E-state index in [1.54, 1.807) is 11.8 Å². The Morgan fingerprint density at radius 1 is 1.15 bits per heavy atom. The van der Waals surface area contributed by atoms with Gasteiger partial charge in [-0.05, 0) is 49.7 Å². The second kappa shape index (κ2) is 10.5. The maximum absolute atomic E-state index is 12.5. The van der Waals surface area contributed by atoms with Crippen LogP contribution < -0.4 is 5.32 Å². The normalized spacial score (nSPS) is 15.5. The van der Waals surface area contributed by atoms with Gasteiger partial charge in [0.05, 0.1) is 11.6 Å². The second-order valence-electron chi connectivity index (χ2n) is 7.27. The van der Waals surface area contributed by atoms with Crippen molar-refractivity contribution in [1.29, 1.82) is 0 Å². The molecule has 4 nitrogen and oxygen atoms in total. The zero-order valence-electron chi connectivity index (χ0n) is 16.1. The first-order valence-corrected chi connectivity index (χ1v) is 10.8. The van der Waals surface area contributed by atoms with Crippen molar-refractivity contribution in [1.82, 2.24) is 9.88 Å². The monoisotopic (exact) mass is 383 g/mol. The molecule has 144 valence electrons. The highest BCUT2D eigenvalue weighted by molar-refractivity contribution is 7.98. The number of aromatic nitrogens is 1. The highest BCUT2D eigenvalue weighted by Crippen LogP contribution is 2.23. The molecule has 0 unspecified atom stereocenters. The van der Waals surface area contributed by atoms with Crippen molar-refractivity contribution in [3.05, 3.63) is 54.2 Å². The molecule has 1 aliphatic rings. The largest absolute Gasteiger partial charge is 0.325 e. The molecule has 0 radical (unpaired) electrons. The minimum atomic E-state index is 0.0660. The maximum Gasteiger partial charge on any atom is 0.238 e. The van der Waals surface area contributed by atoms with E-state index >= 15 is 0 Å². The predicted molar refractivity (Wildman–Crippen MR) is 113 cm³/mol. The third-order valence-electron chi connectivity index (χ3n) is 5.08. The summed E-state index contributed by atoms with van der Waals surface area (Å²) in [5.41, 5.74) is 2.05. The summed E-state index contributed by atoms with van der Waals surface area (Å²) in [6.45, 7) is 0.456. The maximum atomic E-state index is 12.5. The van der Waals surface area contributed by atoms with Gasteiger partial charge in [0.25, 0.3) is 0 Å². The van der Waals surface area contributed by atoms with Crippen LogP contribution in [0, 0.1) is 0 Å². The van der Waals surface area contributed by atoms with Crippen molar-refractivity contribution in [2.24, 2.45) is 0 Å². The van der Waals surface area contributed by atoms with Gasteiger partial charge in [0, 0.05) is 23.7 Å². The van der Waals surface area contributed by atoms with Crippen molar-refractivity contribution in [3.63, 3.8) is 0 Å². The highest BCUT2D eigenvalue weighted by Gasteiger charge is 2.19. The summed E-state index contributed by atoms with van der Waals surface area (Å²) in [5.74, 6) is 0.902. The molecule has 5 heteroatoms. The number of thioether (sulfide) groups is 1. The number of amides is 1. The molecule has 0 atom stereocenters. The molecule has 0 aliphatic heterocycles. The third kappa shape index (κ3) is 6.67. The summed E-state index contributed by atoms with van der Waals surface area (Å²) in [4.78, 5) is 19.0. The average Bonchev–Trinajstić information content (AvgIpc) is 2.97. The molecular formula is C22H29N3OS. The van der Waals surface area contributed by atoms with Crippen LogP contribution in [0.4, 0.5) is 5.69 Å². The van der Waals surface area contributed by atoms with E-state index in [0.717, 1.165) is 16.5 Å². The SMILES string of the molecule is CN(CC(=O)Nc1cccc(CSc2ccccn2)c1)C1CCCCCC1. The van der Waals surface area contributed by atoms with Gasteiger partial charge in [-0.2, -0.15) is 0 Å². The van der Waals surface area contributed by atoms with E-state index in [0.29, 0.717) is 12.6 Å². The molecule has 3 rings (SSSR count). The van der Waals surface area contributed by atoms with Crippen LogP contribution in [0.25, 0.3) is 0 Å². The minimum absolute atomic E-state index is 0.0660. The fraction of sp³-hybridized carbons (Fsp3) is 0.455. The molecule has 2 aromatic rings. The fourth-order valence-electron chi connectivity index (χ4n) is 3.58. The molecule has 1 fully saturated rings. The number of carbonyl (C=O) groups excluding carboxylic acids is 1. The first-order chi connectivity index (χ1) is 13.2. The standard InChI is InChI=1S/C22H29N3OS/c1-25(20-11-4-2-3-5-12-20)16-21(26)24-19-10-8-9-18(15-19)17-27-22-13-6-7-14-23-22/h6-10,13-15,20H,2-5,11-12,16-17H2,1H3,(H,24,26). The van der Waals surface area contributed by atoms with Crippen LogP contribution in [0.15, 0.2) is 53.7 Å². The summed E-state index contributed by atoms with van der Waals surface area (Å²) >= 11 is 1.70. The number of likely N-dealkylation sites (N-methyl/N-ethyl adjacent to an activating group) is 1. The summed E-state index contributed by atoms with van der Waals surface area (Å²) in [6, 6.07) is 14.6. The van der Waals surface area contributed by atoms with Gasteiger partial charge in [-0.15, -0.1) is 11.8 Å². The van der Waals surface area contributed by atoms with Crippen LogP contribution in [0.3, 0.4) is 0 Å². The summed E-state index contributed by atoms with van der Waals surface area (Å²) in [5, 5.41) is 4.07. The third-order valence-corrected chi connectivity index (χ3v) is 6.09. The van der Waals surface area contributed by atoms with E-state index < -0.39 is 0 Å². The van der Waals surface area contributed by atoms with Crippen LogP contribution in [-0.2, 0) is 10.5 Å². The van der Waals surface area contributed by atoms with Gasteiger partial charge in [-0.25, -0.2) is 4.98 Å². The van der Waals surface area contributed by atoms with Gasteiger partial charge in [0.1, 0.15) is 0 Å². The van der Waals surface area contributed by atoms with Crippen molar-refractivity contribution in [2.75, 3.05) is 18.9 Å². The molecule has 1 saturated carbocycles. The van der Waals surface area contributed by atoms with E-state index in [-0.39, 0.29) is 5.91 Å². The lowest BCUT2D eigenvalue weighted by Crippen LogP contribution is -2.37. The molecule has 27 heavy (non-hydrogen) atoms. The zero-order chi connectivity index (χ0) is 18.9. The number of nitrogens with one attached hydrogen (secondary N) is 1. The van der Waals surface area contributed by atoms with Crippen molar-refractivity contribution < 1.29 is 4.79 Å². The Labute approximate surface area is 166 Å². The first kappa shape index (κ1) is 19.9. The number of anilines is 1. The van der Waals surface area contributed by atoms with Gasteiger partial charge in [-0.3, -0.25) is 9.69 Å². The number of carbonyl (C=O) groups is 1. The molecule has 1 N–H and O–H groups in total. The number of hydrogen-bond donors (Lipinski definition) is 1. The van der Waals surface area contributed by atoms with Crippen LogP contribution in [0.2, 0.25) is 0 Å². The second-order valence-corrected chi connectivity index (χ2v) is 8.26. The van der Waals surface area contributed by atoms with E-state index in [1.165, 1.54) is 44.1 Å². The van der Waals surface area contributed by atoms with Gasteiger partial charge in [-0.1, -0.05) is 43.9 Å². The van der Waals surface area contributed by atoms with Crippen LogP contribution in [-0.4, -0.2) is 35.4 Å². The fourth-order valence-corrected chi connectivity index (χ4v) is 4.39. The number of nitrogens with zero attached hydrogens (tertiary/aromatic N) is 2. The lowest BCUT2D eigenvalue weighted by Gasteiger charge is -2.26. The number of rotatable bonds is 7. The van der Waals surface area contributed by atoms with E-state index in [2.05, 4.69) is 34.4 Å². The molecule has 0 spiro atoms. The first-order valence-electron chi connectivity index (χ1n) is 9.83. The van der Waals surface area contributed by atoms with E-state index in [9.17, 15) is 4.79 Å². The number of pyridine rings is 1. The Balaban J connectivity index is 1.50. The van der Waals surface area contributed by atoms with Crippen LogP contribution in [0.5, 0.6) is 0 Å². The van der Waals surface area contributed by atoms with Gasteiger partial charge >= 0.3 is 0 Å². The molecule has 1 aromatic heterocycles. The lowest BCUT2D eigenvalue weighted by molar-refractivity contribution is -0.117. The molecule has 0 bridgehead atoms. The Morgan fingerprint density at radius 2 is 1.96 bits per heavy atom. The van der Waals surface area contributed by atoms with E-state index in [4.69, 9.17) is 0 Å². The summed E-state index contributed by atoms with van der Waals surface area (Å²) < 4.78 is 0. The highest BCUT2D eigenvalue weighted by atomic mass is 32.2. The Hall–Kier alpha value is -1.85. The van der Waals surface area contributed by atoms with Crippen molar-refractivity contribution in [2.45, 2.75) is 55.3 Å². The minimum Gasteiger partial charge on any atom is -0.325 e. The molecule has 1 heterocycles. The summed E-state index contributed by atoms with van der Waals surface area (Å²) in [7, 11) is 2.08. The Bertz CT molecular complexity index is 715. The molecule has 1 aliphatic carbocycles. The zero-order valence-corrected chi connectivity index (χ0v) is 16.9. The number of hydrogen-bond acceptors (Lipinski definition) is 4. The Kier molecular flexibility index (Phi) is 7.72. The lowest BCUT2D eigenvalue weighted by atomic mass is 10.1. The molecule has 1 amide bonds. The average molecular weight is 384 g/mol. The van der Waals surface area contributed by atoms with Crippen LogP contribution >= 0.6 is 11.8 Å². The quantitative estimate of drug-likeness (QED) is 0.542. The van der Waals surface area contributed by atoms with E-state index in [1.807, 2.05) is 36.5 Å². The van der Waals surface area contributed by atoms with Gasteiger partial charge < -0.3 is 5.32 Å². The van der Waals surface area contributed by atoms with Gasteiger partial charge in [0.2, 0.25) is 5.91 Å². The predicted octanol–water partition coefficient (Wildman–Crippen LogP) is 4.97. The number of benzene rings is 1. The molecular weight excluding hydrogens is 354 g/mol. The molecule has 0 saturated heterocycles. The smallest absolute Gasteiger partial charge is 0.238 e. The van der Waals surface area contributed by atoms with Crippen molar-refractivity contribution in [3.8, 4) is 0 Å². The van der Waals surface area contributed by atoms with Crippen LogP contribution in [0.1, 0.15) is 44.1 Å². The topological polar surface area (TPSA) is 45.2 Å². The Morgan fingerprint density at radius 3 is 2.70 bits per heavy atom.